The van der Waals surface area contributed by atoms with Crippen molar-refractivity contribution >= 4 is 17.3 Å². The van der Waals surface area contributed by atoms with Gasteiger partial charge in [-0.05, 0) is 0 Å². The van der Waals surface area contributed by atoms with Crippen LogP contribution >= 0.6 is 0 Å². The van der Waals surface area contributed by atoms with Crippen LogP contribution < -0.4 is 4.74 Å². The Labute approximate surface area is 120 Å². The molecule has 12 heteroatoms. The summed E-state index contributed by atoms with van der Waals surface area (Å²) >= 11 is 0. The Kier molecular flexibility index (Phi) is 4.54. The summed E-state index contributed by atoms with van der Waals surface area (Å²) in [6.45, 7) is 0. The summed E-state index contributed by atoms with van der Waals surface area (Å²) in [6.07, 6.45) is -4.52. The molecular weight excluding hydrogens is 315 g/mol. The number of alkyl halides is 2. The van der Waals surface area contributed by atoms with Gasteiger partial charge in [0.25, 0.3) is 0 Å². The van der Waals surface area contributed by atoms with E-state index in [1.165, 1.54) is 0 Å². The third kappa shape index (κ3) is 3.39. The lowest BCUT2D eigenvalue weighted by atomic mass is 10.2. The summed E-state index contributed by atoms with van der Waals surface area (Å²) in [4.78, 5) is 30.3. The lowest BCUT2D eigenvalue weighted by Gasteiger charge is -2.20. The summed E-state index contributed by atoms with van der Waals surface area (Å²) in [6, 6.07) is 0.175. The fourth-order valence-electron chi connectivity index (χ4n) is 1.34. The maximum Gasteiger partial charge on any atom is 0.482 e. The molecule has 1 aromatic rings. The summed E-state index contributed by atoms with van der Waals surface area (Å²) in [7, 11) is 1.95. The summed E-state index contributed by atoms with van der Waals surface area (Å²) in [5, 5.41) is 21.2. The number of nitro groups is 2. The normalized spacial score (nSPS) is 11.0. The van der Waals surface area contributed by atoms with Gasteiger partial charge in [-0.3, -0.25) is 25.0 Å². The van der Waals surface area contributed by atoms with Crippen LogP contribution in [0.5, 0.6) is 5.75 Å². The second kappa shape index (κ2) is 5.83. The number of carbonyl (C=O) groups excluding carboxylic acids is 1. The third-order valence-electron chi connectivity index (χ3n) is 2.32. The smallest absolute Gasteiger partial charge is 0.418 e. The number of rotatable bonds is 5. The van der Waals surface area contributed by atoms with Crippen molar-refractivity contribution in [1.82, 2.24) is 4.90 Å². The van der Waals surface area contributed by atoms with E-state index in [0.29, 0.717) is 4.90 Å². The maximum atomic E-state index is 13.5. The minimum Gasteiger partial charge on any atom is -0.418 e. The quantitative estimate of drug-likeness (QED) is 0.601. The first kappa shape index (κ1) is 17.1. The molecule has 9 nitrogen and oxygen atoms in total. The molecule has 0 saturated carbocycles. The Hall–Kier alpha value is -2.92. The first-order valence-electron chi connectivity index (χ1n) is 5.38. The molecule has 0 aliphatic rings. The van der Waals surface area contributed by atoms with Crippen LogP contribution in [-0.4, -0.2) is 40.9 Å². The van der Waals surface area contributed by atoms with Gasteiger partial charge in [-0.25, -0.2) is 0 Å². The molecule has 1 amide bonds. The highest BCUT2D eigenvalue weighted by Gasteiger charge is 2.45. The highest BCUT2D eigenvalue weighted by Crippen LogP contribution is 2.36. The zero-order chi connectivity index (χ0) is 17.2. The van der Waals surface area contributed by atoms with E-state index in [0.717, 1.165) is 14.1 Å². The average molecular weight is 323 g/mol. The Morgan fingerprint density at radius 3 is 2.09 bits per heavy atom. The average Bonchev–Trinajstić information content (AvgIpc) is 2.36. The number of amides is 1. The predicted molar refractivity (Wildman–Crippen MR) is 64.0 cm³/mol. The van der Waals surface area contributed by atoms with Crippen molar-refractivity contribution in [3.05, 3.63) is 38.2 Å². The van der Waals surface area contributed by atoms with E-state index in [1.54, 1.807) is 0 Å². The molecule has 120 valence electrons. The fourth-order valence-corrected chi connectivity index (χ4v) is 1.34. The molecule has 0 spiro atoms. The molecule has 0 heterocycles. The van der Waals surface area contributed by atoms with Gasteiger partial charge in [0.15, 0.2) is 0 Å². The van der Waals surface area contributed by atoms with Crippen LogP contribution in [-0.2, 0) is 4.79 Å². The van der Waals surface area contributed by atoms with Gasteiger partial charge in [0.05, 0.1) is 9.85 Å². The number of hydrogen-bond acceptors (Lipinski definition) is 6. The minimum absolute atomic E-state index is 0.0487. The van der Waals surface area contributed by atoms with Crippen molar-refractivity contribution in [1.29, 1.82) is 0 Å². The summed E-state index contributed by atoms with van der Waals surface area (Å²) in [5.41, 5.74) is -2.57. The number of hydrogen-bond donors (Lipinski definition) is 0. The molecular formula is C10H8F3N3O6. The molecule has 0 radical (unpaired) electrons. The second-order valence-electron chi connectivity index (χ2n) is 4.10. The van der Waals surface area contributed by atoms with E-state index in [1.807, 2.05) is 0 Å². The molecule has 1 rings (SSSR count). The largest absolute Gasteiger partial charge is 0.482 e. The molecule has 0 fully saturated rings. The summed E-state index contributed by atoms with van der Waals surface area (Å²) in [5.74, 6) is -4.78. The van der Waals surface area contributed by atoms with Crippen LogP contribution in [0.4, 0.5) is 24.5 Å². The molecule has 0 atom stereocenters. The van der Waals surface area contributed by atoms with Gasteiger partial charge in [0, 0.05) is 20.2 Å². The number of nitrogens with zero attached hydrogens (tertiary/aromatic N) is 3. The van der Waals surface area contributed by atoms with Gasteiger partial charge in [0.1, 0.15) is 6.07 Å². The van der Waals surface area contributed by atoms with Crippen LogP contribution in [0, 0.1) is 26.0 Å². The van der Waals surface area contributed by atoms with Crippen LogP contribution in [0.15, 0.2) is 12.1 Å². The zero-order valence-electron chi connectivity index (χ0n) is 11.1. The second-order valence-corrected chi connectivity index (χ2v) is 4.10. The Balaban J connectivity index is 3.36. The molecule has 22 heavy (non-hydrogen) atoms. The first-order chi connectivity index (χ1) is 9.97. The van der Waals surface area contributed by atoms with E-state index >= 15 is 0 Å². The molecule has 0 saturated heterocycles. The molecule has 0 unspecified atom stereocenters. The summed E-state index contributed by atoms with van der Waals surface area (Å²) < 4.78 is 44.3. The minimum atomic E-state index is -4.52. The fraction of sp³-hybridized carbons (Fsp3) is 0.300. The number of benzene rings is 1. The topological polar surface area (TPSA) is 116 Å². The van der Waals surface area contributed by atoms with E-state index in [4.69, 9.17) is 0 Å². The molecule has 0 aliphatic carbocycles. The molecule has 0 aromatic heterocycles. The van der Waals surface area contributed by atoms with E-state index in [-0.39, 0.29) is 12.1 Å². The van der Waals surface area contributed by atoms with Crippen LogP contribution in [0.2, 0.25) is 0 Å². The Morgan fingerprint density at radius 1 is 1.18 bits per heavy atom. The van der Waals surface area contributed by atoms with Crippen molar-refractivity contribution in [3.8, 4) is 5.75 Å². The molecule has 1 aromatic carbocycles. The SMILES string of the molecule is CN(C)C(=O)C(F)(F)Oc1cc(F)c([N+](=O)[O-])cc1[N+](=O)[O-]. The lowest BCUT2D eigenvalue weighted by Crippen LogP contribution is -2.43. The van der Waals surface area contributed by atoms with Crippen molar-refractivity contribution < 1.29 is 32.5 Å². The van der Waals surface area contributed by atoms with Crippen LogP contribution in [0.25, 0.3) is 0 Å². The van der Waals surface area contributed by atoms with E-state index in [9.17, 15) is 38.2 Å². The number of likely N-dealkylation sites (N-methyl/N-ethyl adjacent to an activating group) is 1. The lowest BCUT2D eigenvalue weighted by molar-refractivity contribution is -0.397. The van der Waals surface area contributed by atoms with Crippen LogP contribution in [0.1, 0.15) is 0 Å². The standard InChI is InChI=1S/C10H8F3N3O6/c1-14(2)9(17)10(12,13)22-8-3-5(11)6(15(18)19)4-7(8)16(20)21/h3-4H,1-2H3. The van der Waals surface area contributed by atoms with Gasteiger partial charge in [-0.15, -0.1) is 0 Å². The highest BCUT2D eigenvalue weighted by atomic mass is 19.3. The van der Waals surface area contributed by atoms with Crippen molar-refractivity contribution in [2.75, 3.05) is 14.1 Å². The highest BCUT2D eigenvalue weighted by molar-refractivity contribution is 5.82. The monoisotopic (exact) mass is 323 g/mol. The number of halogens is 3. The van der Waals surface area contributed by atoms with Gasteiger partial charge in [0.2, 0.25) is 11.6 Å². The van der Waals surface area contributed by atoms with Gasteiger partial charge >= 0.3 is 23.4 Å². The molecule has 0 bridgehead atoms. The van der Waals surface area contributed by atoms with Crippen molar-refractivity contribution in [2.24, 2.45) is 0 Å². The Morgan fingerprint density at radius 2 is 1.68 bits per heavy atom. The van der Waals surface area contributed by atoms with Gasteiger partial charge in [-0.2, -0.15) is 13.2 Å². The van der Waals surface area contributed by atoms with E-state index in [2.05, 4.69) is 4.74 Å². The number of ether oxygens (including phenoxy) is 1. The number of carbonyl (C=O) groups is 1. The number of nitro benzene ring substituents is 2. The predicted octanol–water partition coefficient (Wildman–Crippen LogP) is 1.70. The van der Waals surface area contributed by atoms with Crippen LogP contribution in [0.3, 0.4) is 0 Å². The first-order valence-corrected chi connectivity index (χ1v) is 5.38. The third-order valence-corrected chi connectivity index (χ3v) is 2.32. The van der Waals surface area contributed by atoms with Gasteiger partial charge < -0.3 is 9.64 Å². The molecule has 0 N–H and O–H groups in total. The Bertz CT molecular complexity index is 649. The van der Waals surface area contributed by atoms with E-state index < -0.39 is 44.8 Å². The zero-order valence-corrected chi connectivity index (χ0v) is 11.1. The molecule has 0 aliphatic heterocycles. The maximum absolute atomic E-state index is 13.5. The van der Waals surface area contributed by atoms with Crippen molar-refractivity contribution in [3.63, 3.8) is 0 Å². The van der Waals surface area contributed by atoms with Crippen molar-refractivity contribution in [2.45, 2.75) is 6.11 Å². The van der Waals surface area contributed by atoms with Gasteiger partial charge in [-0.1, -0.05) is 0 Å².